The first-order valence-corrected chi connectivity index (χ1v) is 40.9. The van der Waals surface area contributed by atoms with Gasteiger partial charge in [-0.2, -0.15) is 0 Å². The summed E-state index contributed by atoms with van der Waals surface area (Å²) >= 11 is 0. The van der Waals surface area contributed by atoms with Gasteiger partial charge in [-0.1, -0.05) is 47.5 Å². The van der Waals surface area contributed by atoms with E-state index >= 15 is 8.78 Å². The Kier molecular flexibility index (Phi) is 70.1. The van der Waals surface area contributed by atoms with Crippen LogP contribution in [0.1, 0.15) is 47.1 Å². The van der Waals surface area contributed by atoms with Crippen molar-refractivity contribution in [3.05, 3.63) is 46.8 Å². The molecule has 0 aliphatic heterocycles. The van der Waals surface area contributed by atoms with E-state index in [4.69, 9.17) is 133 Å². The molecule has 111 heavy (non-hydrogen) atoms. The van der Waals surface area contributed by atoms with Crippen molar-refractivity contribution < 1.29 is 155 Å². The van der Waals surface area contributed by atoms with Crippen LogP contribution in [-0.2, 0) is 123 Å². The second-order valence-corrected chi connectivity index (χ2v) is 30.4. The molecule has 0 amide bonds. The summed E-state index contributed by atoms with van der Waals surface area (Å²) in [6.45, 7) is 33.1. The van der Waals surface area contributed by atoms with Gasteiger partial charge in [0.15, 0.2) is 23.3 Å². The Morgan fingerprint density at radius 2 is 0.405 bits per heavy atom. The smallest absolute Gasteiger partial charge is 0.200 e. The Labute approximate surface area is 657 Å². The van der Waals surface area contributed by atoms with Crippen LogP contribution in [0.4, 0.5) is 22.0 Å². The average Bonchev–Trinajstić information content (AvgIpc) is 0.760. The molecule has 2 aromatic rings. The number of ether oxygens (including phenoxy) is 28. The Bertz CT molecular complexity index is 2450. The molecule has 0 unspecified atom stereocenters. The predicted molar refractivity (Wildman–Crippen MR) is 404 cm³/mol. The van der Waals surface area contributed by atoms with E-state index < -0.39 is 48.3 Å². The SMILES string of the molecule is COCCOCCOCCOCCOCCOCCOCCOCCOCCOCCOCCOCCOCCOc1cc(-c2c(F)c(F)c(F)c(F)c2F)c(OCCOCCOCCOCCOCCOCCOCCOCCOCCOCCOCCOCCOCCOC)cc1C#C[Si](C(C)C)(C(C)C)C(C)C. The van der Waals surface area contributed by atoms with Crippen molar-refractivity contribution in [3.8, 4) is 34.1 Å². The highest BCUT2D eigenvalue weighted by Gasteiger charge is 2.42. The highest BCUT2D eigenvalue weighted by Crippen LogP contribution is 2.43. The van der Waals surface area contributed by atoms with Crippen LogP contribution in [0.25, 0.3) is 11.1 Å². The Morgan fingerprint density at radius 1 is 0.234 bits per heavy atom. The van der Waals surface area contributed by atoms with Gasteiger partial charge in [0.2, 0.25) is 5.82 Å². The lowest BCUT2D eigenvalue weighted by atomic mass is 9.99. The molecule has 0 saturated carbocycles. The van der Waals surface area contributed by atoms with Crippen LogP contribution < -0.4 is 9.47 Å². The van der Waals surface area contributed by atoms with Crippen LogP contribution >= 0.6 is 0 Å². The van der Waals surface area contributed by atoms with Gasteiger partial charge in [-0.15, -0.1) is 5.54 Å². The van der Waals surface area contributed by atoms with Crippen molar-refractivity contribution in [2.75, 3.05) is 358 Å². The molecule has 0 saturated heterocycles. The van der Waals surface area contributed by atoms with Crippen LogP contribution in [0.5, 0.6) is 11.5 Å². The van der Waals surface area contributed by atoms with Gasteiger partial charge in [0.05, 0.1) is 341 Å². The van der Waals surface area contributed by atoms with E-state index in [0.29, 0.717) is 284 Å². The molecule has 0 atom stereocenters. The van der Waals surface area contributed by atoms with E-state index in [1.807, 2.05) is 0 Å². The fraction of sp³-hybridized carbons (Fsp3) is 0.818. The van der Waals surface area contributed by atoms with Crippen LogP contribution in [0.15, 0.2) is 12.1 Å². The second-order valence-electron chi connectivity index (χ2n) is 24.8. The third-order valence-electron chi connectivity index (χ3n) is 15.9. The molecule has 648 valence electrons. The maximum Gasteiger partial charge on any atom is 0.200 e. The van der Waals surface area contributed by atoms with Crippen molar-refractivity contribution >= 4 is 8.07 Å². The zero-order chi connectivity index (χ0) is 80.4. The second kappa shape index (κ2) is 75.2. The Morgan fingerprint density at radius 3 is 0.595 bits per heavy atom. The molecular weight excluding hydrogens is 1500 g/mol. The molecule has 2 aromatic carbocycles. The molecule has 0 spiro atoms. The van der Waals surface area contributed by atoms with Crippen LogP contribution in [0, 0.1) is 40.6 Å². The summed E-state index contributed by atoms with van der Waals surface area (Å²) in [5.74, 6) is -7.49. The van der Waals surface area contributed by atoms with Crippen molar-refractivity contribution in [2.24, 2.45) is 0 Å². The van der Waals surface area contributed by atoms with E-state index in [1.165, 1.54) is 12.1 Å². The zero-order valence-electron chi connectivity index (χ0n) is 67.5. The van der Waals surface area contributed by atoms with E-state index in [9.17, 15) is 13.2 Å². The summed E-state index contributed by atoms with van der Waals surface area (Å²) in [7, 11) is 0.869. The van der Waals surface area contributed by atoms with Gasteiger partial charge in [0.25, 0.3) is 0 Å². The number of hydrogen-bond acceptors (Lipinski definition) is 28. The molecule has 0 aromatic heterocycles. The standard InChI is InChI=1S/C77H133F5O28Si/c1-65(2)111(66(3)4,67(5)6)62-9-68-63-71(110-61-59-108-57-55-106-53-51-104-49-47-102-45-43-100-41-39-98-37-35-96-33-31-94-29-27-92-25-23-90-21-19-88-17-15-86-13-11-84-8)69(72-73(78)75(80)77(82)76(81)74(72)79)64-70(68)109-60-58-107-56-54-105-52-50-103-48-46-101-44-42-99-40-38-97-36-34-95-32-30-93-28-26-91-24-22-89-20-18-87-16-14-85-12-10-83-7/h63-67H,10-61H2,1-8H3. The molecule has 0 N–H and O–H groups in total. The summed E-state index contributed by atoms with van der Waals surface area (Å²) in [4.78, 5) is 0. The fourth-order valence-electron chi connectivity index (χ4n) is 10.3. The van der Waals surface area contributed by atoms with Crippen molar-refractivity contribution in [3.63, 3.8) is 0 Å². The molecule has 0 fully saturated rings. The molecule has 0 heterocycles. The van der Waals surface area contributed by atoms with Gasteiger partial charge in [-0.3, -0.25) is 0 Å². The molecule has 2 rings (SSSR count). The van der Waals surface area contributed by atoms with Crippen LogP contribution in [0.2, 0.25) is 16.6 Å². The van der Waals surface area contributed by atoms with Gasteiger partial charge < -0.3 is 133 Å². The van der Waals surface area contributed by atoms with Gasteiger partial charge in [0, 0.05) is 25.8 Å². The summed E-state index contributed by atoms with van der Waals surface area (Å²) in [6.07, 6.45) is 0. The van der Waals surface area contributed by atoms with Gasteiger partial charge in [0.1, 0.15) is 32.8 Å². The van der Waals surface area contributed by atoms with Gasteiger partial charge in [-0.05, 0) is 22.7 Å². The van der Waals surface area contributed by atoms with E-state index in [2.05, 4.69) is 53.0 Å². The van der Waals surface area contributed by atoms with Gasteiger partial charge >= 0.3 is 0 Å². The fourth-order valence-corrected chi connectivity index (χ4v) is 15.5. The summed E-state index contributed by atoms with van der Waals surface area (Å²) < 4.78 is 230. The first-order chi connectivity index (χ1) is 54.3. The number of hydrogen-bond donors (Lipinski definition) is 0. The van der Waals surface area contributed by atoms with E-state index in [0.717, 1.165) is 0 Å². The predicted octanol–water partition coefficient (Wildman–Crippen LogP) is 8.07. The molecule has 0 radical (unpaired) electrons. The lowest BCUT2D eigenvalue weighted by molar-refractivity contribution is -0.0289. The molecule has 0 aliphatic carbocycles. The normalized spacial score (nSPS) is 11.9. The topological polar surface area (TPSA) is 258 Å². The van der Waals surface area contributed by atoms with E-state index in [-0.39, 0.29) is 93.1 Å². The highest BCUT2D eigenvalue weighted by molar-refractivity contribution is 6.90. The van der Waals surface area contributed by atoms with Gasteiger partial charge in [-0.25, -0.2) is 22.0 Å². The molecule has 34 heteroatoms. The number of rotatable bonds is 84. The average molecular weight is 1630 g/mol. The minimum Gasteiger partial charge on any atom is -0.490 e. The zero-order valence-corrected chi connectivity index (χ0v) is 68.5. The van der Waals surface area contributed by atoms with Crippen LogP contribution in [0.3, 0.4) is 0 Å². The third-order valence-corrected chi connectivity index (χ3v) is 22.1. The highest BCUT2D eigenvalue weighted by atomic mass is 28.3. The van der Waals surface area contributed by atoms with Crippen molar-refractivity contribution in [1.29, 1.82) is 0 Å². The lowest BCUT2D eigenvalue weighted by Crippen LogP contribution is -2.43. The van der Waals surface area contributed by atoms with Crippen molar-refractivity contribution in [2.45, 2.75) is 58.2 Å². The Hall–Kier alpha value is -3.57. The molecule has 0 aliphatic rings. The number of benzene rings is 2. The minimum atomic E-state index is -2.40. The molecular formula is C77H133F5O28Si. The summed E-state index contributed by atoms with van der Waals surface area (Å²) in [5.41, 5.74) is 2.95. The Balaban J connectivity index is 1.62. The maximum absolute atomic E-state index is 15.7. The van der Waals surface area contributed by atoms with Crippen LogP contribution in [-0.4, -0.2) is 366 Å². The molecule has 28 nitrogen and oxygen atoms in total. The lowest BCUT2D eigenvalue weighted by Gasteiger charge is -2.38. The van der Waals surface area contributed by atoms with E-state index in [1.54, 1.807) is 14.2 Å². The first-order valence-electron chi connectivity index (χ1n) is 38.7. The maximum atomic E-state index is 15.7. The minimum absolute atomic E-state index is 0.0230. The molecule has 0 bridgehead atoms. The first kappa shape index (κ1) is 104. The quantitative estimate of drug-likeness (QED) is 0.0151. The number of methoxy groups -OCH3 is 2. The summed E-state index contributed by atoms with van der Waals surface area (Å²) in [6, 6.07) is 2.58. The largest absolute Gasteiger partial charge is 0.490 e. The number of halogens is 5. The van der Waals surface area contributed by atoms with Crippen molar-refractivity contribution in [1.82, 2.24) is 0 Å². The monoisotopic (exact) mass is 1630 g/mol. The third kappa shape index (κ3) is 54.1. The summed E-state index contributed by atoms with van der Waals surface area (Å²) in [5, 5.41) is 0.